The molecule has 1 amide bonds. The van der Waals surface area contributed by atoms with Crippen LogP contribution in [0.1, 0.15) is 42.4 Å². The summed E-state index contributed by atoms with van der Waals surface area (Å²) < 4.78 is 0. The van der Waals surface area contributed by atoms with Crippen molar-refractivity contribution in [3.63, 3.8) is 0 Å². The van der Waals surface area contributed by atoms with Crippen molar-refractivity contribution in [3.8, 4) is 0 Å². The molecule has 1 aromatic rings. The van der Waals surface area contributed by atoms with Crippen molar-refractivity contribution in [1.29, 1.82) is 0 Å². The summed E-state index contributed by atoms with van der Waals surface area (Å²) in [5.41, 5.74) is 1.39. The molecule has 0 radical (unpaired) electrons. The lowest BCUT2D eigenvalue weighted by molar-refractivity contribution is 0.0921. The predicted molar refractivity (Wildman–Crippen MR) is 70.5 cm³/mol. The first kappa shape index (κ1) is 13.1. The number of hydrogen-bond acceptors (Lipinski definition) is 3. The van der Waals surface area contributed by atoms with Crippen molar-refractivity contribution >= 4 is 5.91 Å². The van der Waals surface area contributed by atoms with Gasteiger partial charge in [-0.1, -0.05) is 6.92 Å². The van der Waals surface area contributed by atoms with Crippen LogP contribution in [-0.2, 0) is 0 Å². The number of nitrogens with one attached hydrogen (secondary N) is 2. The Morgan fingerprint density at radius 2 is 2.28 bits per heavy atom. The van der Waals surface area contributed by atoms with E-state index in [1.807, 2.05) is 6.92 Å². The summed E-state index contributed by atoms with van der Waals surface area (Å²) in [4.78, 5) is 14.4. The standard InChI is InChI=1S/C13H22N4O/c1-3-11(9-17-6-4-5-7-17)14-13(18)12-8-10(2)15-16-12/h8,11H,3-7,9H2,1-2H3,(H,14,18)(H,15,16)/t11-/m1/s1. The number of aryl methyl sites for hydroxylation is 1. The van der Waals surface area contributed by atoms with Gasteiger partial charge in [-0.2, -0.15) is 5.10 Å². The maximum Gasteiger partial charge on any atom is 0.272 e. The number of carbonyl (C=O) groups excluding carboxylic acids is 1. The lowest BCUT2D eigenvalue weighted by atomic mass is 10.2. The number of hydrogen-bond donors (Lipinski definition) is 2. The third-order valence-electron chi connectivity index (χ3n) is 3.44. The zero-order valence-electron chi connectivity index (χ0n) is 11.2. The summed E-state index contributed by atoms with van der Waals surface area (Å²) in [5, 5.41) is 9.84. The normalized spacial score (nSPS) is 17.9. The highest BCUT2D eigenvalue weighted by Gasteiger charge is 2.19. The summed E-state index contributed by atoms with van der Waals surface area (Å²) in [6.07, 6.45) is 3.51. The smallest absolute Gasteiger partial charge is 0.272 e. The van der Waals surface area contributed by atoms with Gasteiger partial charge in [0.1, 0.15) is 5.69 Å². The van der Waals surface area contributed by atoms with Crippen molar-refractivity contribution in [2.24, 2.45) is 0 Å². The van der Waals surface area contributed by atoms with Gasteiger partial charge in [0.15, 0.2) is 0 Å². The van der Waals surface area contributed by atoms with Crippen LogP contribution in [0.25, 0.3) is 0 Å². The maximum atomic E-state index is 12.0. The monoisotopic (exact) mass is 250 g/mol. The molecule has 0 unspecified atom stereocenters. The van der Waals surface area contributed by atoms with Crippen molar-refractivity contribution in [2.45, 2.75) is 39.2 Å². The lowest BCUT2D eigenvalue weighted by Crippen LogP contribution is -2.42. The van der Waals surface area contributed by atoms with Gasteiger partial charge in [-0.05, 0) is 45.3 Å². The Bertz CT molecular complexity index is 395. The summed E-state index contributed by atoms with van der Waals surface area (Å²) in [6.45, 7) is 7.27. The van der Waals surface area contributed by atoms with E-state index in [4.69, 9.17) is 0 Å². The van der Waals surface area contributed by atoms with E-state index in [9.17, 15) is 4.79 Å². The number of amides is 1. The first-order valence-corrected chi connectivity index (χ1v) is 6.74. The van der Waals surface area contributed by atoms with Gasteiger partial charge >= 0.3 is 0 Å². The van der Waals surface area contributed by atoms with Crippen molar-refractivity contribution in [3.05, 3.63) is 17.5 Å². The summed E-state index contributed by atoms with van der Waals surface area (Å²) in [5.74, 6) is -0.0783. The Balaban J connectivity index is 1.87. The van der Waals surface area contributed by atoms with E-state index in [0.29, 0.717) is 5.69 Å². The molecule has 2 heterocycles. The van der Waals surface area contributed by atoms with Crippen LogP contribution < -0.4 is 5.32 Å². The maximum absolute atomic E-state index is 12.0. The quantitative estimate of drug-likeness (QED) is 0.828. The van der Waals surface area contributed by atoms with Gasteiger partial charge in [0, 0.05) is 18.3 Å². The van der Waals surface area contributed by atoms with Crippen LogP contribution in [0.2, 0.25) is 0 Å². The third-order valence-corrected chi connectivity index (χ3v) is 3.44. The second-order valence-corrected chi connectivity index (χ2v) is 5.02. The third kappa shape index (κ3) is 3.32. The minimum atomic E-state index is -0.0783. The largest absolute Gasteiger partial charge is 0.347 e. The summed E-state index contributed by atoms with van der Waals surface area (Å²) >= 11 is 0. The van der Waals surface area contributed by atoms with E-state index in [1.165, 1.54) is 12.8 Å². The van der Waals surface area contributed by atoms with E-state index in [0.717, 1.165) is 31.7 Å². The molecule has 0 bridgehead atoms. The van der Waals surface area contributed by atoms with E-state index in [-0.39, 0.29) is 11.9 Å². The Hall–Kier alpha value is -1.36. The molecule has 1 atom stereocenters. The molecule has 5 nitrogen and oxygen atoms in total. The van der Waals surface area contributed by atoms with Gasteiger partial charge in [-0.3, -0.25) is 9.89 Å². The van der Waals surface area contributed by atoms with Crippen LogP contribution in [-0.4, -0.2) is 46.7 Å². The molecule has 0 aromatic carbocycles. The van der Waals surface area contributed by atoms with Crippen LogP contribution in [0, 0.1) is 6.92 Å². The van der Waals surface area contributed by atoms with E-state index in [1.54, 1.807) is 6.07 Å². The molecule has 100 valence electrons. The molecular formula is C13H22N4O. The van der Waals surface area contributed by atoms with Gasteiger partial charge in [-0.15, -0.1) is 0 Å². The molecule has 1 aliphatic rings. The van der Waals surface area contributed by atoms with E-state index < -0.39 is 0 Å². The topological polar surface area (TPSA) is 61.0 Å². The van der Waals surface area contributed by atoms with Gasteiger partial charge < -0.3 is 10.2 Å². The minimum Gasteiger partial charge on any atom is -0.347 e. The van der Waals surface area contributed by atoms with Crippen molar-refractivity contribution in [1.82, 2.24) is 20.4 Å². The van der Waals surface area contributed by atoms with Crippen LogP contribution in [0.15, 0.2) is 6.07 Å². The second-order valence-electron chi connectivity index (χ2n) is 5.02. The van der Waals surface area contributed by atoms with Crippen molar-refractivity contribution < 1.29 is 4.79 Å². The first-order valence-electron chi connectivity index (χ1n) is 6.74. The fourth-order valence-corrected chi connectivity index (χ4v) is 2.35. The molecule has 18 heavy (non-hydrogen) atoms. The van der Waals surface area contributed by atoms with E-state index >= 15 is 0 Å². The van der Waals surface area contributed by atoms with Crippen LogP contribution >= 0.6 is 0 Å². The minimum absolute atomic E-state index is 0.0783. The highest BCUT2D eigenvalue weighted by Crippen LogP contribution is 2.09. The highest BCUT2D eigenvalue weighted by atomic mass is 16.2. The fraction of sp³-hybridized carbons (Fsp3) is 0.692. The zero-order valence-corrected chi connectivity index (χ0v) is 11.2. The molecule has 5 heteroatoms. The van der Waals surface area contributed by atoms with Crippen LogP contribution in [0.5, 0.6) is 0 Å². The fourth-order valence-electron chi connectivity index (χ4n) is 2.35. The molecule has 0 saturated carbocycles. The zero-order chi connectivity index (χ0) is 13.0. The molecular weight excluding hydrogens is 228 g/mol. The summed E-state index contributed by atoms with van der Waals surface area (Å²) in [7, 11) is 0. The molecule has 0 aliphatic carbocycles. The average molecular weight is 250 g/mol. The van der Waals surface area contributed by atoms with Crippen LogP contribution in [0.3, 0.4) is 0 Å². The number of rotatable bonds is 5. The van der Waals surface area contributed by atoms with Crippen LogP contribution in [0.4, 0.5) is 0 Å². The number of H-pyrrole nitrogens is 1. The molecule has 1 aliphatic heterocycles. The Morgan fingerprint density at radius 1 is 1.56 bits per heavy atom. The molecule has 1 saturated heterocycles. The van der Waals surface area contributed by atoms with Gasteiger partial charge in [-0.25, -0.2) is 0 Å². The number of aromatic amines is 1. The second kappa shape index (κ2) is 6.00. The lowest BCUT2D eigenvalue weighted by Gasteiger charge is -2.23. The van der Waals surface area contributed by atoms with Gasteiger partial charge in [0.2, 0.25) is 0 Å². The predicted octanol–water partition coefficient (Wildman–Crippen LogP) is 1.32. The molecule has 2 rings (SSSR count). The number of aromatic nitrogens is 2. The molecule has 1 fully saturated rings. The highest BCUT2D eigenvalue weighted by molar-refractivity contribution is 5.92. The van der Waals surface area contributed by atoms with Crippen molar-refractivity contribution in [2.75, 3.05) is 19.6 Å². The molecule has 0 spiro atoms. The Kier molecular flexibility index (Phi) is 4.36. The van der Waals surface area contributed by atoms with E-state index in [2.05, 4.69) is 27.3 Å². The van der Waals surface area contributed by atoms with Gasteiger partial charge in [0.05, 0.1) is 0 Å². The number of carbonyl (C=O) groups is 1. The number of likely N-dealkylation sites (tertiary alicyclic amines) is 1. The average Bonchev–Trinajstić information content (AvgIpc) is 2.99. The first-order chi connectivity index (χ1) is 8.69. The summed E-state index contributed by atoms with van der Waals surface area (Å²) in [6, 6.07) is 1.99. The molecule has 2 N–H and O–H groups in total. The molecule has 1 aromatic heterocycles. The number of nitrogens with zero attached hydrogens (tertiary/aromatic N) is 2. The Morgan fingerprint density at radius 3 is 2.83 bits per heavy atom. The SMILES string of the molecule is CC[C@H](CN1CCCC1)NC(=O)c1cc(C)[nH]n1. The Labute approximate surface area is 108 Å². The van der Waals surface area contributed by atoms with Gasteiger partial charge in [0.25, 0.3) is 5.91 Å².